The van der Waals surface area contributed by atoms with Gasteiger partial charge in [-0.15, -0.1) is 0 Å². The maximum Gasteiger partial charge on any atom is 0.401 e. The van der Waals surface area contributed by atoms with Crippen molar-refractivity contribution in [3.8, 4) is 6.07 Å². The number of hydrogen-bond acceptors (Lipinski definition) is 3. The number of unbranched alkanes of at least 4 members (excludes halogenated alkanes) is 1. The molecule has 4 fully saturated rings. The highest BCUT2D eigenvalue weighted by atomic mass is 19.4. The fraction of sp³-hybridized carbons (Fsp3) is 0.833. The molecule has 234 valence electrons. The van der Waals surface area contributed by atoms with Crippen molar-refractivity contribution in [2.24, 2.45) is 56.7 Å². The number of halogens is 3. The van der Waals surface area contributed by atoms with Crippen LogP contribution in [0.4, 0.5) is 13.2 Å². The summed E-state index contributed by atoms with van der Waals surface area (Å²) < 4.78 is 39.7. The van der Waals surface area contributed by atoms with Crippen LogP contribution in [0.5, 0.6) is 0 Å². The SMILES string of the molecule is CCC/C=C1\CC2C3(C)C=C(C#N)C(=O)C(C)(C)C3CCC2(C)C2CCC3(CNCC(F)(F)F)CCC(C)(C)CC3C12. The first kappa shape index (κ1) is 31.8. The van der Waals surface area contributed by atoms with Crippen LogP contribution in [0.25, 0.3) is 0 Å². The zero-order chi connectivity index (χ0) is 30.9. The average molecular weight is 587 g/mol. The fourth-order valence-corrected chi connectivity index (χ4v) is 11.4. The maximum absolute atomic E-state index is 13.4. The molecular weight excluding hydrogens is 533 g/mol. The highest BCUT2D eigenvalue weighted by Gasteiger charge is 2.67. The van der Waals surface area contributed by atoms with Crippen molar-refractivity contribution in [1.82, 2.24) is 5.32 Å². The molecule has 0 spiro atoms. The average Bonchev–Trinajstić information content (AvgIpc) is 2.89. The Bertz CT molecular complexity index is 1190. The van der Waals surface area contributed by atoms with Gasteiger partial charge in [0, 0.05) is 12.0 Å². The number of hydrogen-bond donors (Lipinski definition) is 1. The van der Waals surface area contributed by atoms with E-state index in [0.717, 1.165) is 64.2 Å². The normalized spacial score (nSPS) is 43.4. The summed E-state index contributed by atoms with van der Waals surface area (Å²) in [6, 6.07) is 2.27. The molecule has 6 heteroatoms. The molecule has 0 heterocycles. The number of ketones is 1. The van der Waals surface area contributed by atoms with Crippen LogP contribution in [0.3, 0.4) is 0 Å². The minimum atomic E-state index is -4.20. The summed E-state index contributed by atoms with van der Waals surface area (Å²) in [5, 5.41) is 12.9. The number of rotatable bonds is 5. The molecule has 0 bridgehead atoms. The zero-order valence-corrected chi connectivity index (χ0v) is 27.0. The lowest BCUT2D eigenvalue weighted by atomic mass is 9.35. The van der Waals surface area contributed by atoms with Gasteiger partial charge in [-0.2, -0.15) is 18.4 Å². The van der Waals surface area contributed by atoms with Gasteiger partial charge in [-0.3, -0.25) is 4.79 Å². The lowest BCUT2D eigenvalue weighted by Gasteiger charge is -2.69. The Balaban J connectivity index is 1.59. The lowest BCUT2D eigenvalue weighted by molar-refractivity contribution is -0.172. The largest absolute Gasteiger partial charge is 0.401 e. The van der Waals surface area contributed by atoms with Crippen LogP contribution in [0.1, 0.15) is 113 Å². The molecule has 1 N–H and O–H groups in total. The van der Waals surface area contributed by atoms with E-state index in [0.29, 0.717) is 35.8 Å². The molecule has 0 amide bonds. The van der Waals surface area contributed by atoms with Crippen LogP contribution in [0, 0.1) is 68.0 Å². The first-order valence-electron chi connectivity index (χ1n) is 16.6. The third-order valence-corrected chi connectivity index (χ3v) is 13.4. The van der Waals surface area contributed by atoms with E-state index in [4.69, 9.17) is 0 Å². The molecule has 0 aromatic rings. The van der Waals surface area contributed by atoms with Crippen molar-refractivity contribution >= 4 is 5.78 Å². The Kier molecular flexibility index (Phi) is 7.94. The van der Waals surface area contributed by atoms with E-state index in [-0.39, 0.29) is 33.4 Å². The number of nitrogens with zero attached hydrogens (tertiary/aromatic N) is 1. The summed E-state index contributed by atoms with van der Waals surface area (Å²) in [6.45, 7) is 15.4. The molecule has 0 radical (unpaired) electrons. The number of nitriles is 1. The lowest BCUT2D eigenvalue weighted by Crippen LogP contribution is -2.64. The minimum absolute atomic E-state index is 0.00948. The van der Waals surface area contributed by atoms with E-state index in [9.17, 15) is 23.2 Å². The first-order valence-corrected chi connectivity index (χ1v) is 16.6. The number of carbonyl (C=O) groups excluding carboxylic acids is 1. The molecule has 3 nitrogen and oxygen atoms in total. The van der Waals surface area contributed by atoms with Gasteiger partial charge in [0.1, 0.15) is 6.07 Å². The van der Waals surface area contributed by atoms with Crippen LogP contribution < -0.4 is 5.32 Å². The Morgan fingerprint density at radius 1 is 1.02 bits per heavy atom. The summed E-state index contributed by atoms with van der Waals surface area (Å²) in [4.78, 5) is 13.4. The summed E-state index contributed by atoms with van der Waals surface area (Å²) in [6.07, 6.45) is 10.6. The monoisotopic (exact) mass is 586 g/mol. The van der Waals surface area contributed by atoms with Crippen molar-refractivity contribution < 1.29 is 18.0 Å². The number of carbonyl (C=O) groups is 1. The summed E-state index contributed by atoms with van der Waals surface area (Å²) in [5.41, 5.74) is 1.16. The van der Waals surface area contributed by atoms with Gasteiger partial charge in [0.05, 0.1) is 12.1 Å². The topological polar surface area (TPSA) is 52.9 Å². The second kappa shape index (κ2) is 10.5. The molecule has 4 saturated carbocycles. The number of alkyl halides is 3. The number of allylic oxidation sites excluding steroid dienone is 4. The predicted molar refractivity (Wildman–Crippen MR) is 161 cm³/mol. The first-order chi connectivity index (χ1) is 19.4. The van der Waals surface area contributed by atoms with E-state index in [1.165, 1.54) is 5.57 Å². The summed E-state index contributed by atoms with van der Waals surface area (Å²) >= 11 is 0. The highest BCUT2D eigenvalue weighted by molar-refractivity contribution is 6.04. The molecule has 0 saturated heterocycles. The van der Waals surface area contributed by atoms with Gasteiger partial charge in [0.15, 0.2) is 5.78 Å². The zero-order valence-electron chi connectivity index (χ0n) is 27.0. The van der Waals surface area contributed by atoms with E-state index < -0.39 is 18.1 Å². The summed E-state index contributed by atoms with van der Waals surface area (Å²) in [5.74, 6) is 1.73. The van der Waals surface area contributed by atoms with Crippen molar-refractivity contribution in [2.75, 3.05) is 13.1 Å². The van der Waals surface area contributed by atoms with E-state index in [1.807, 2.05) is 0 Å². The third kappa shape index (κ3) is 5.02. The van der Waals surface area contributed by atoms with E-state index in [1.54, 1.807) is 0 Å². The predicted octanol–water partition coefficient (Wildman–Crippen LogP) is 9.21. The van der Waals surface area contributed by atoms with Crippen LogP contribution in [-0.4, -0.2) is 25.0 Å². The van der Waals surface area contributed by atoms with Crippen molar-refractivity contribution in [3.63, 3.8) is 0 Å². The van der Waals surface area contributed by atoms with Gasteiger partial charge < -0.3 is 5.32 Å². The van der Waals surface area contributed by atoms with E-state index in [2.05, 4.69) is 72.0 Å². The van der Waals surface area contributed by atoms with Crippen molar-refractivity contribution in [2.45, 2.75) is 119 Å². The maximum atomic E-state index is 13.4. The smallest absolute Gasteiger partial charge is 0.308 e. The molecule has 8 unspecified atom stereocenters. The molecular formula is C36H53F3N2O. The highest BCUT2D eigenvalue weighted by Crippen LogP contribution is 2.73. The third-order valence-electron chi connectivity index (χ3n) is 13.4. The second-order valence-electron chi connectivity index (χ2n) is 16.7. The Labute approximate surface area is 252 Å². The molecule has 5 rings (SSSR count). The van der Waals surface area contributed by atoms with E-state index >= 15 is 0 Å². The summed E-state index contributed by atoms with van der Waals surface area (Å²) in [7, 11) is 0. The van der Waals surface area contributed by atoms with Gasteiger partial charge in [-0.1, -0.05) is 72.6 Å². The molecule has 0 aliphatic heterocycles. The van der Waals surface area contributed by atoms with Gasteiger partial charge >= 0.3 is 6.18 Å². The molecule has 42 heavy (non-hydrogen) atoms. The number of Topliss-reactive ketones (excluding diaryl/α,β-unsaturated/α-hetero) is 1. The standard InChI is InChI=1S/C36H53F3N2O/c1-8-9-10-23-17-28-33(6,13-12-27-32(4,5)30(42)24(20-40)18-34(27,28)7)25-11-14-35(21-41-22-36(37,38)39)16-15-31(2,3)19-26(35)29(23)25/h10,18,25-29,41H,8-9,11-17,19,21-22H2,1-7H3/b23-10+. The van der Waals surface area contributed by atoms with Gasteiger partial charge in [-0.05, 0) is 109 Å². The van der Waals surface area contributed by atoms with Gasteiger partial charge in [0.2, 0.25) is 0 Å². The fourth-order valence-electron chi connectivity index (χ4n) is 11.4. The minimum Gasteiger partial charge on any atom is -0.308 e. The number of fused-ring (bicyclic) bond motifs is 7. The van der Waals surface area contributed by atoms with Crippen LogP contribution in [0.15, 0.2) is 23.3 Å². The second-order valence-corrected chi connectivity index (χ2v) is 16.7. The van der Waals surface area contributed by atoms with Crippen LogP contribution in [-0.2, 0) is 4.79 Å². The molecule has 5 aliphatic rings. The molecule has 0 aromatic heterocycles. The Morgan fingerprint density at radius 2 is 1.74 bits per heavy atom. The van der Waals surface area contributed by atoms with Gasteiger partial charge in [0.25, 0.3) is 0 Å². The van der Waals surface area contributed by atoms with Gasteiger partial charge in [-0.25, -0.2) is 0 Å². The Hall–Kier alpha value is -1.61. The van der Waals surface area contributed by atoms with Crippen molar-refractivity contribution in [3.05, 3.63) is 23.3 Å². The molecule has 8 atom stereocenters. The van der Waals surface area contributed by atoms with Crippen molar-refractivity contribution in [1.29, 1.82) is 5.26 Å². The number of nitrogens with one attached hydrogen (secondary N) is 1. The Morgan fingerprint density at radius 3 is 2.38 bits per heavy atom. The van der Waals surface area contributed by atoms with Crippen LogP contribution in [0.2, 0.25) is 0 Å². The van der Waals surface area contributed by atoms with Crippen LogP contribution >= 0.6 is 0 Å². The quantitative estimate of drug-likeness (QED) is 0.327. The molecule has 0 aromatic carbocycles. The molecule has 5 aliphatic carbocycles.